The maximum absolute atomic E-state index is 12.8. The van der Waals surface area contributed by atoms with Gasteiger partial charge >= 0.3 is 0 Å². The molecule has 0 aliphatic carbocycles. The predicted octanol–water partition coefficient (Wildman–Crippen LogP) is 1.33. The summed E-state index contributed by atoms with van der Waals surface area (Å²) in [4.78, 5) is 2.41. The monoisotopic (exact) mass is 298 g/mol. The Morgan fingerprint density at radius 1 is 1.20 bits per heavy atom. The van der Waals surface area contributed by atoms with Crippen LogP contribution in [0.25, 0.3) is 0 Å². The van der Waals surface area contributed by atoms with Gasteiger partial charge in [-0.15, -0.1) is 0 Å². The third kappa shape index (κ3) is 3.13. The normalized spacial score (nSPS) is 18.1. The molecule has 112 valence electrons. The van der Waals surface area contributed by atoms with Crippen molar-refractivity contribution >= 4 is 10.0 Å². The Hall–Kier alpha value is -1.11. The average molecular weight is 298 g/mol. The van der Waals surface area contributed by atoms with E-state index in [1.165, 1.54) is 0 Å². The summed E-state index contributed by atoms with van der Waals surface area (Å²) in [5.41, 5.74) is 0.918. The summed E-state index contributed by atoms with van der Waals surface area (Å²) in [5, 5.41) is 0. The van der Waals surface area contributed by atoms with Gasteiger partial charge in [0.05, 0.1) is 6.61 Å². The lowest BCUT2D eigenvalue weighted by Gasteiger charge is -2.32. The summed E-state index contributed by atoms with van der Waals surface area (Å²) >= 11 is 0. The van der Waals surface area contributed by atoms with E-state index in [0.717, 1.165) is 18.7 Å². The Labute approximate surface area is 121 Å². The van der Waals surface area contributed by atoms with Crippen molar-refractivity contribution < 1.29 is 13.2 Å². The first-order valence-corrected chi connectivity index (χ1v) is 8.31. The van der Waals surface area contributed by atoms with Crippen molar-refractivity contribution in [1.82, 2.24) is 9.21 Å². The Bertz CT molecular complexity index is 564. The summed E-state index contributed by atoms with van der Waals surface area (Å²) in [5.74, 6) is 0.442. The second-order valence-corrected chi connectivity index (χ2v) is 7.00. The molecule has 0 radical (unpaired) electrons. The first-order chi connectivity index (χ1) is 9.45. The lowest BCUT2D eigenvalue weighted by Crippen LogP contribution is -2.47. The van der Waals surface area contributed by atoms with E-state index < -0.39 is 10.0 Å². The number of nitrogens with zero attached hydrogens (tertiary/aromatic N) is 2. The molecule has 2 rings (SSSR count). The van der Waals surface area contributed by atoms with Gasteiger partial charge in [0.2, 0.25) is 10.0 Å². The Morgan fingerprint density at radius 2 is 1.85 bits per heavy atom. The summed E-state index contributed by atoms with van der Waals surface area (Å²) in [6.07, 6.45) is 0. The number of aryl methyl sites for hydroxylation is 1. The molecular formula is C14H22N2O3S. The highest BCUT2D eigenvalue weighted by molar-refractivity contribution is 7.89. The van der Waals surface area contributed by atoms with Gasteiger partial charge in [0.15, 0.2) is 0 Å². The maximum atomic E-state index is 12.8. The van der Waals surface area contributed by atoms with Crippen LogP contribution in [0.3, 0.4) is 0 Å². The van der Waals surface area contributed by atoms with Crippen LogP contribution in [-0.4, -0.2) is 57.5 Å². The topological polar surface area (TPSA) is 49.9 Å². The fraction of sp³-hybridized carbons (Fsp3) is 0.571. The molecular weight excluding hydrogens is 276 g/mol. The van der Waals surface area contributed by atoms with Crippen molar-refractivity contribution in [3.63, 3.8) is 0 Å². The van der Waals surface area contributed by atoms with E-state index in [0.29, 0.717) is 25.4 Å². The van der Waals surface area contributed by atoms with Crippen LogP contribution in [0.2, 0.25) is 0 Å². The van der Waals surface area contributed by atoms with Crippen molar-refractivity contribution in [3.05, 3.63) is 23.8 Å². The molecule has 0 amide bonds. The van der Waals surface area contributed by atoms with E-state index in [4.69, 9.17) is 4.74 Å². The first-order valence-electron chi connectivity index (χ1n) is 6.87. The van der Waals surface area contributed by atoms with Crippen LogP contribution < -0.4 is 4.74 Å². The molecule has 0 atom stereocenters. The zero-order valence-electron chi connectivity index (χ0n) is 12.3. The molecule has 0 bridgehead atoms. The number of sulfonamides is 1. The van der Waals surface area contributed by atoms with E-state index in [1.807, 2.05) is 27.0 Å². The molecule has 1 fully saturated rings. The molecule has 0 N–H and O–H groups in total. The zero-order valence-corrected chi connectivity index (χ0v) is 13.1. The fourth-order valence-corrected chi connectivity index (χ4v) is 3.90. The fourth-order valence-electron chi connectivity index (χ4n) is 2.26. The predicted molar refractivity (Wildman–Crippen MR) is 78.6 cm³/mol. The molecule has 0 aromatic heterocycles. The van der Waals surface area contributed by atoms with Crippen LogP contribution in [0, 0.1) is 6.92 Å². The minimum atomic E-state index is -3.48. The second-order valence-electron chi connectivity index (χ2n) is 5.09. The number of rotatable bonds is 4. The number of hydrogen-bond donors (Lipinski definition) is 0. The number of likely N-dealkylation sites (N-methyl/N-ethyl adjacent to an activating group) is 1. The average Bonchev–Trinajstić information content (AvgIpc) is 2.41. The molecule has 1 aromatic rings. The van der Waals surface area contributed by atoms with E-state index in [2.05, 4.69) is 4.90 Å². The summed E-state index contributed by atoms with van der Waals surface area (Å²) in [6, 6.07) is 5.30. The molecule has 5 nitrogen and oxygen atoms in total. The first kappa shape index (κ1) is 15.3. The van der Waals surface area contributed by atoms with Gasteiger partial charge in [-0.2, -0.15) is 4.31 Å². The molecule has 1 aliphatic rings. The van der Waals surface area contributed by atoms with Crippen LogP contribution in [0.1, 0.15) is 12.5 Å². The molecule has 1 heterocycles. The van der Waals surface area contributed by atoms with Crippen molar-refractivity contribution in [2.24, 2.45) is 0 Å². The smallest absolute Gasteiger partial charge is 0.246 e. The van der Waals surface area contributed by atoms with Crippen LogP contribution in [0.4, 0.5) is 0 Å². The van der Waals surface area contributed by atoms with Crippen LogP contribution >= 0.6 is 0 Å². The van der Waals surface area contributed by atoms with Gasteiger partial charge in [0.25, 0.3) is 0 Å². The standard InChI is InChI=1S/C14H22N2O3S/c1-4-19-13-6-5-12(2)11-14(13)20(17,18)16-9-7-15(3)8-10-16/h5-6,11H,4,7-10H2,1-3H3. The second kappa shape index (κ2) is 6.11. The molecule has 20 heavy (non-hydrogen) atoms. The largest absolute Gasteiger partial charge is 0.492 e. The van der Waals surface area contributed by atoms with Gasteiger partial charge in [-0.3, -0.25) is 0 Å². The summed E-state index contributed by atoms with van der Waals surface area (Å²) in [7, 11) is -1.48. The van der Waals surface area contributed by atoms with Crippen molar-refractivity contribution in [2.75, 3.05) is 39.8 Å². The molecule has 0 saturated carbocycles. The minimum Gasteiger partial charge on any atom is -0.492 e. The van der Waals surface area contributed by atoms with Gasteiger partial charge < -0.3 is 9.64 Å². The Balaban J connectivity index is 2.35. The van der Waals surface area contributed by atoms with Gasteiger partial charge in [0.1, 0.15) is 10.6 Å². The number of benzene rings is 1. The Kier molecular flexibility index (Phi) is 4.67. The number of piperazine rings is 1. The van der Waals surface area contributed by atoms with Crippen molar-refractivity contribution in [3.8, 4) is 5.75 Å². The molecule has 1 aliphatic heterocycles. The van der Waals surface area contributed by atoms with Gasteiger partial charge in [-0.25, -0.2) is 8.42 Å². The van der Waals surface area contributed by atoms with Crippen molar-refractivity contribution in [2.45, 2.75) is 18.7 Å². The summed E-state index contributed by atoms with van der Waals surface area (Å²) < 4.78 is 32.6. The lowest BCUT2D eigenvalue weighted by atomic mass is 10.2. The Morgan fingerprint density at radius 3 is 2.45 bits per heavy atom. The van der Waals surface area contributed by atoms with Gasteiger partial charge in [0, 0.05) is 26.2 Å². The van der Waals surface area contributed by atoms with Gasteiger partial charge in [-0.05, 0) is 38.6 Å². The van der Waals surface area contributed by atoms with Crippen LogP contribution in [0.5, 0.6) is 5.75 Å². The van der Waals surface area contributed by atoms with Crippen molar-refractivity contribution in [1.29, 1.82) is 0 Å². The lowest BCUT2D eigenvalue weighted by molar-refractivity contribution is 0.222. The number of hydrogen-bond acceptors (Lipinski definition) is 4. The SMILES string of the molecule is CCOc1ccc(C)cc1S(=O)(=O)N1CCN(C)CC1. The molecule has 0 spiro atoms. The maximum Gasteiger partial charge on any atom is 0.246 e. The molecule has 0 unspecified atom stereocenters. The number of ether oxygens (including phenoxy) is 1. The molecule has 1 aromatic carbocycles. The highest BCUT2D eigenvalue weighted by Crippen LogP contribution is 2.28. The highest BCUT2D eigenvalue weighted by Gasteiger charge is 2.30. The third-order valence-corrected chi connectivity index (χ3v) is 5.40. The zero-order chi connectivity index (χ0) is 14.8. The van der Waals surface area contributed by atoms with Gasteiger partial charge in [-0.1, -0.05) is 6.07 Å². The van der Waals surface area contributed by atoms with E-state index in [1.54, 1.807) is 16.4 Å². The quantitative estimate of drug-likeness (QED) is 0.841. The highest BCUT2D eigenvalue weighted by atomic mass is 32.2. The van der Waals surface area contributed by atoms with E-state index in [9.17, 15) is 8.42 Å². The van der Waals surface area contributed by atoms with E-state index in [-0.39, 0.29) is 4.90 Å². The van der Waals surface area contributed by atoms with Crippen LogP contribution in [-0.2, 0) is 10.0 Å². The third-order valence-electron chi connectivity index (χ3n) is 3.48. The van der Waals surface area contributed by atoms with Crippen LogP contribution in [0.15, 0.2) is 23.1 Å². The van der Waals surface area contributed by atoms with E-state index >= 15 is 0 Å². The molecule has 1 saturated heterocycles. The summed E-state index contributed by atoms with van der Waals surface area (Å²) in [6.45, 7) is 6.76. The minimum absolute atomic E-state index is 0.281. The molecule has 6 heteroatoms.